The second kappa shape index (κ2) is 5.15. The Bertz CT molecular complexity index is 525. The van der Waals surface area contributed by atoms with Crippen molar-refractivity contribution in [2.75, 3.05) is 0 Å². The van der Waals surface area contributed by atoms with Crippen LogP contribution < -0.4 is 0 Å². The maximum atomic E-state index is 13.6. The molecule has 2 aromatic carbocycles. The van der Waals surface area contributed by atoms with Gasteiger partial charge in [0.1, 0.15) is 11.6 Å². The molecule has 0 saturated carbocycles. The third-order valence-corrected chi connectivity index (χ3v) is 3.67. The molecule has 0 radical (unpaired) electrons. The minimum absolute atomic E-state index is 0.319. The summed E-state index contributed by atoms with van der Waals surface area (Å²) in [6, 6.07) is 10.6. The summed E-state index contributed by atoms with van der Waals surface area (Å²) in [5.41, 5.74) is 1.26. The first kappa shape index (κ1) is 12.5. The molecule has 4 heteroatoms. The number of halogens is 4. The van der Waals surface area contributed by atoms with Crippen LogP contribution in [0.1, 0.15) is 16.0 Å². The Labute approximate surface area is 111 Å². The van der Waals surface area contributed by atoms with Crippen molar-refractivity contribution in [3.05, 3.63) is 70.2 Å². The summed E-state index contributed by atoms with van der Waals surface area (Å²) >= 11 is 9.16. The van der Waals surface area contributed by atoms with E-state index in [2.05, 4.69) is 15.9 Å². The molecule has 0 bridgehead atoms. The Kier molecular flexibility index (Phi) is 3.79. The molecule has 17 heavy (non-hydrogen) atoms. The Hall–Kier alpha value is -0.930. The number of benzene rings is 2. The van der Waals surface area contributed by atoms with Gasteiger partial charge in [0.2, 0.25) is 0 Å². The highest BCUT2D eigenvalue weighted by Crippen LogP contribution is 2.33. The lowest BCUT2D eigenvalue weighted by Gasteiger charge is -2.11. The zero-order valence-electron chi connectivity index (χ0n) is 8.63. The molecule has 0 saturated heterocycles. The third kappa shape index (κ3) is 2.85. The van der Waals surface area contributed by atoms with Crippen LogP contribution in [0.5, 0.6) is 0 Å². The summed E-state index contributed by atoms with van der Waals surface area (Å²) in [6.45, 7) is 0. The third-order valence-electron chi connectivity index (χ3n) is 2.40. The molecule has 0 aliphatic rings. The van der Waals surface area contributed by atoms with Gasteiger partial charge in [-0.2, -0.15) is 0 Å². The fourth-order valence-corrected chi connectivity index (χ4v) is 2.32. The molecular formula is C13H8BrClF2. The lowest BCUT2D eigenvalue weighted by atomic mass is 10.0. The quantitative estimate of drug-likeness (QED) is 0.676. The zero-order valence-corrected chi connectivity index (χ0v) is 11.0. The van der Waals surface area contributed by atoms with Gasteiger partial charge in [0, 0.05) is 16.7 Å². The van der Waals surface area contributed by atoms with Crippen LogP contribution in [0.4, 0.5) is 8.78 Å². The average molecular weight is 318 g/mol. The van der Waals surface area contributed by atoms with Gasteiger partial charge in [-0.1, -0.05) is 45.7 Å². The highest BCUT2D eigenvalue weighted by Gasteiger charge is 2.15. The van der Waals surface area contributed by atoms with E-state index in [1.165, 1.54) is 12.1 Å². The van der Waals surface area contributed by atoms with Crippen molar-refractivity contribution in [2.45, 2.75) is 4.83 Å². The first-order chi connectivity index (χ1) is 8.08. The second-order valence-electron chi connectivity index (χ2n) is 3.58. The molecule has 88 valence electrons. The molecule has 0 fully saturated rings. The van der Waals surface area contributed by atoms with E-state index in [9.17, 15) is 8.78 Å². The van der Waals surface area contributed by atoms with Crippen LogP contribution in [0.15, 0.2) is 42.5 Å². The standard InChI is InChI=1S/C13H8BrClF2/c14-13(8-1-3-9(15)4-2-8)11-6-5-10(16)7-12(11)17/h1-7,13H. The molecular weight excluding hydrogens is 309 g/mol. The molecule has 1 atom stereocenters. The zero-order chi connectivity index (χ0) is 12.4. The normalized spacial score (nSPS) is 12.5. The average Bonchev–Trinajstić information content (AvgIpc) is 2.29. The number of hydrogen-bond acceptors (Lipinski definition) is 0. The van der Waals surface area contributed by atoms with Crippen LogP contribution in [0, 0.1) is 11.6 Å². The van der Waals surface area contributed by atoms with Crippen LogP contribution in [0.3, 0.4) is 0 Å². The second-order valence-corrected chi connectivity index (χ2v) is 4.93. The van der Waals surface area contributed by atoms with Crippen molar-refractivity contribution in [2.24, 2.45) is 0 Å². The monoisotopic (exact) mass is 316 g/mol. The molecule has 1 unspecified atom stereocenters. The van der Waals surface area contributed by atoms with Gasteiger partial charge >= 0.3 is 0 Å². The summed E-state index contributed by atoms with van der Waals surface area (Å²) in [4.78, 5) is -0.319. The van der Waals surface area contributed by atoms with Gasteiger partial charge in [0.15, 0.2) is 0 Å². The first-order valence-electron chi connectivity index (χ1n) is 4.92. The molecule has 0 amide bonds. The predicted octanol–water partition coefficient (Wildman–Crippen LogP) is 5.10. The van der Waals surface area contributed by atoms with E-state index in [0.29, 0.717) is 10.6 Å². The Morgan fingerprint density at radius 3 is 2.24 bits per heavy atom. The van der Waals surface area contributed by atoms with Crippen molar-refractivity contribution in [1.82, 2.24) is 0 Å². The van der Waals surface area contributed by atoms with E-state index in [1.807, 2.05) is 0 Å². The SMILES string of the molecule is Fc1ccc(C(Br)c2ccc(Cl)cc2)c(F)c1. The molecule has 0 spiro atoms. The lowest BCUT2D eigenvalue weighted by Crippen LogP contribution is -1.97. The molecule has 2 aromatic rings. The smallest absolute Gasteiger partial charge is 0.130 e. The van der Waals surface area contributed by atoms with E-state index in [4.69, 9.17) is 11.6 Å². The van der Waals surface area contributed by atoms with Crippen molar-refractivity contribution >= 4 is 27.5 Å². The highest BCUT2D eigenvalue weighted by atomic mass is 79.9. The molecule has 0 N–H and O–H groups in total. The molecule has 0 aliphatic heterocycles. The predicted molar refractivity (Wildman–Crippen MR) is 68.6 cm³/mol. The van der Waals surface area contributed by atoms with Crippen LogP contribution in [-0.2, 0) is 0 Å². The van der Waals surface area contributed by atoms with E-state index in [-0.39, 0.29) is 4.83 Å². The summed E-state index contributed by atoms with van der Waals surface area (Å²) in [5.74, 6) is -1.15. The van der Waals surface area contributed by atoms with Crippen molar-refractivity contribution in [3.8, 4) is 0 Å². The Morgan fingerprint density at radius 1 is 1.00 bits per heavy atom. The van der Waals surface area contributed by atoms with E-state index < -0.39 is 11.6 Å². The highest BCUT2D eigenvalue weighted by molar-refractivity contribution is 9.09. The Balaban J connectivity index is 2.36. The van der Waals surface area contributed by atoms with Gasteiger partial charge in [-0.05, 0) is 23.8 Å². The summed E-state index contributed by atoms with van der Waals surface area (Å²) < 4.78 is 26.4. The van der Waals surface area contributed by atoms with E-state index in [0.717, 1.165) is 11.6 Å². The van der Waals surface area contributed by atoms with Crippen LogP contribution in [0.25, 0.3) is 0 Å². The molecule has 0 aliphatic carbocycles. The fraction of sp³-hybridized carbons (Fsp3) is 0.0769. The molecule has 0 nitrogen and oxygen atoms in total. The van der Waals surface area contributed by atoms with Gasteiger partial charge in [0.25, 0.3) is 0 Å². The van der Waals surface area contributed by atoms with Crippen molar-refractivity contribution in [1.29, 1.82) is 0 Å². The van der Waals surface area contributed by atoms with Crippen LogP contribution >= 0.6 is 27.5 Å². The summed E-state index contributed by atoms with van der Waals surface area (Å²) in [5, 5.41) is 0.619. The van der Waals surface area contributed by atoms with Gasteiger partial charge in [-0.3, -0.25) is 0 Å². The topological polar surface area (TPSA) is 0 Å². The molecule has 0 aromatic heterocycles. The van der Waals surface area contributed by atoms with Crippen molar-refractivity contribution < 1.29 is 8.78 Å². The minimum Gasteiger partial charge on any atom is -0.207 e. The molecule has 2 rings (SSSR count). The maximum absolute atomic E-state index is 13.6. The summed E-state index contributed by atoms with van der Waals surface area (Å²) in [7, 11) is 0. The van der Waals surface area contributed by atoms with Crippen LogP contribution in [-0.4, -0.2) is 0 Å². The minimum atomic E-state index is -0.581. The van der Waals surface area contributed by atoms with Gasteiger partial charge < -0.3 is 0 Å². The van der Waals surface area contributed by atoms with Gasteiger partial charge in [-0.25, -0.2) is 8.78 Å². The van der Waals surface area contributed by atoms with Gasteiger partial charge in [-0.15, -0.1) is 0 Å². The lowest BCUT2D eigenvalue weighted by molar-refractivity contribution is 0.574. The van der Waals surface area contributed by atoms with E-state index in [1.54, 1.807) is 24.3 Å². The maximum Gasteiger partial charge on any atom is 0.130 e. The van der Waals surface area contributed by atoms with Gasteiger partial charge in [0.05, 0.1) is 4.83 Å². The first-order valence-corrected chi connectivity index (χ1v) is 6.22. The summed E-state index contributed by atoms with van der Waals surface area (Å²) in [6.07, 6.45) is 0. The fourth-order valence-electron chi connectivity index (χ4n) is 1.52. The number of hydrogen-bond donors (Lipinski definition) is 0. The largest absolute Gasteiger partial charge is 0.207 e. The Morgan fingerprint density at radius 2 is 1.65 bits per heavy atom. The van der Waals surface area contributed by atoms with Crippen LogP contribution in [0.2, 0.25) is 5.02 Å². The van der Waals surface area contributed by atoms with E-state index >= 15 is 0 Å². The molecule has 0 heterocycles. The van der Waals surface area contributed by atoms with Crippen molar-refractivity contribution in [3.63, 3.8) is 0 Å². The number of alkyl halides is 1. The number of rotatable bonds is 2.